The third-order valence-corrected chi connectivity index (χ3v) is 7.25. The van der Waals surface area contributed by atoms with Crippen LogP contribution < -0.4 is 0 Å². The van der Waals surface area contributed by atoms with Crippen LogP contribution in [0, 0.1) is 5.92 Å². The Balaban J connectivity index is 1.53. The first-order valence-electron chi connectivity index (χ1n) is 12.1. The highest BCUT2D eigenvalue weighted by Gasteiger charge is 2.37. The van der Waals surface area contributed by atoms with Crippen molar-refractivity contribution in [1.29, 1.82) is 0 Å². The fourth-order valence-corrected chi connectivity index (χ4v) is 5.23. The van der Waals surface area contributed by atoms with Gasteiger partial charge in [-0.2, -0.15) is 13.2 Å². The van der Waals surface area contributed by atoms with Gasteiger partial charge in [-0.1, -0.05) is 42.5 Å². The number of likely N-dealkylation sites (N-methyl/N-ethyl adjacent to an activating group) is 1. The molecule has 2 aromatic rings. The van der Waals surface area contributed by atoms with Crippen LogP contribution in [0.1, 0.15) is 46.7 Å². The highest BCUT2D eigenvalue weighted by Crippen LogP contribution is 2.35. The van der Waals surface area contributed by atoms with Crippen molar-refractivity contribution in [2.45, 2.75) is 37.4 Å². The number of amides is 2. The molecular formula is C27H32F3N3O2. The second-order valence-electron chi connectivity index (χ2n) is 9.95. The Morgan fingerprint density at radius 2 is 1.63 bits per heavy atom. The summed E-state index contributed by atoms with van der Waals surface area (Å²) in [5.41, 5.74) is 0.711. The molecule has 0 radical (unpaired) electrons. The number of carbonyl (C=O) groups is 2. The van der Waals surface area contributed by atoms with Crippen LogP contribution in [0.4, 0.5) is 18.0 Å². The molecule has 0 N–H and O–H groups in total. The smallest absolute Gasteiger partial charge is 0.324 e. The fourth-order valence-electron chi connectivity index (χ4n) is 5.23. The number of urea groups is 1. The third kappa shape index (κ3) is 6.04. The summed E-state index contributed by atoms with van der Waals surface area (Å²) < 4.78 is 39.2. The molecule has 188 valence electrons. The van der Waals surface area contributed by atoms with E-state index in [1.807, 2.05) is 37.2 Å². The van der Waals surface area contributed by atoms with Gasteiger partial charge < -0.3 is 14.7 Å². The number of ketones is 1. The lowest BCUT2D eigenvalue weighted by molar-refractivity contribution is -0.137. The molecule has 2 aromatic carbocycles. The Morgan fingerprint density at radius 1 is 0.943 bits per heavy atom. The molecule has 3 atom stereocenters. The molecule has 35 heavy (non-hydrogen) atoms. The number of nitrogens with zero attached hydrogens (tertiary/aromatic N) is 3. The van der Waals surface area contributed by atoms with Gasteiger partial charge in [0.1, 0.15) is 0 Å². The number of carbonyl (C=O) groups excluding carboxylic acids is 2. The Morgan fingerprint density at radius 3 is 2.23 bits per heavy atom. The second-order valence-corrected chi connectivity index (χ2v) is 9.95. The van der Waals surface area contributed by atoms with E-state index in [0.29, 0.717) is 50.6 Å². The summed E-state index contributed by atoms with van der Waals surface area (Å²) in [4.78, 5) is 32.1. The molecule has 8 heteroatoms. The predicted octanol–water partition coefficient (Wildman–Crippen LogP) is 5.14. The number of hydrogen-bond donors (Lipinski definition) is 0. The Hall–Kier alpha value is -2.87. The van der Waals surface area contributed by atoms with Gasteiger partial charge in [-0.15, -0.1) is 0 Å². The largest absolute Gasteiger partial charge is 0.416 e. The number of benzene rings is 2. The molecule has 0 aromatic heterocycles. The van der Waals surface area contributed by atoms with Crippen LogP contribution in [0.5, 0.6) is 0 Å². The van der Waals surface area contributed by atoms with E-state index in [1.165, 1.54) is 12.1 Å². The predicted molar refractivity (Wildman–Crippen MR) is 128 cm³/mol. The Labute approximate surface area is 204 Å². The summed E-state index contributed by atoms with van der Waals surface area (Å²) >= 11 is 0. The van der Waals surface area contributed by atoms with Crippen molar-refractivity contribution >= 4 is 11.8 Å². The van der Waals surface area contributed by atoms with Gasteiger partial charge in [0.15, 0.2) is 5.78 Å². The van der Waals surface area contributed by atoms with Crippen LogP contribution in [0.2, 0.25) is 0 Å². The molecule has 0 spiro atoms. The summed E-state index contributed by atoms with van der Waals surface area (Å²) in [6, 6.07) is 14.5. The summed E-state index contributed by atoms with van der Waals surface area (Å²) in [5, 5.41) is 0. The van der Waals surface area contributed by atoms with Crippen molar-refractivity contribution in [3.8, 4) is 0 Å². The van der Waals surface area contributed by atoms with E-state index in [0.717, 1.165) is 24.1 Å². The number of likely N-dealkylation sites (tertiary alicyclic amines) is 2. The van der Waals surface area contributed by atoms with Crippen LogP contribution in [0.25, 0.3) is 0 Å². The fraction of sp³-hybridized carbons (Fsp3) is 0.481. The highest BCUT2D eigenvalue weighted by molar-refractivity contribution is 5.96. The van der Waals surface area contributed by atoms with Gasteiger partial charge >= 0.3 is 12.2 Å². The monoisotopic (exact) mass is 487 g/mol. The minimum atomic E-state index is -4.39. The average Bonchev–Trinajstić information content (AvgIpc) is 3.34. The van der Waals surface area contributed by atoms with E-state index in [-0.39, 0.29) is 23.7 Å². The van der Waals surface area contributed by atoms with Gasteiger partial charge in [0.25, 0.3) is 0 Å². The van der Waals surface area contributed by atoms with E-state index in [2.05, 4.69) is 4.90 Å². The molecule has 2 aliphatic rings. The lowest BCUT2D eigenvalue weighted by Gasteiger charge is -2.39. The second kappa shape index (κ2) is 10.4. The lowest BCUT2D eigenvalue weighted by atomic mass is 9.81. The molecule has 0 saturated carbocycles. The van der Waals surface area contributed by atoms with E-state index >= 15 is 0 Å². The van der Waals surface area contributed by atoms with Crippen molar-refractivity contribution in [2.24, 2.45) is 5.92 Å². The molecule has 2 saturated heterocycles. The van der Waals surface area contributed by atoms with Crippen molar-refractivity contribution in [3.63, 3.8) is 0 Å². The van der Waals surface area contributed by atoms with Crippen LogP contribution >= 0.6 is 0 Å². The number of alkyl halides is 3. The molecule has 3 unspecified atom stereocenters. The zero-order valence-electron chi connectivity index (χ0n) is 20.2. The quantitative estimate of drug-likeness (QED) is 0.549. The Bertz CT molecular complexity index is 1020. The Kier molecular flexibility index (Phi) is 7.50. The third-order valence-electron chi connectivity index (χ3n) is 7.25. The summed E-state index contributed by atoms with van der Waals surface area (Å²) in [7, 11) is 4.01. The minimum Gasteiger partial charge on any atom is -0.324 e. The summed E-state index contributed by atoms with van der Waals surface area (Å²) in [6.07, 6.45) is -2.54. The highest BCUT2D eigenvalue weighted by atomic mass is 19.4. The summed E-state index contributed by atoms with van der Waals surface area (Å²) in [6.45, 7) is 2.23. The zero-order valence-corrected chi connectivity index (χ0v) is 20.2. The first-order chi connectivity index (χ1) is 16.6. The molecule has 0 aliphatic carbocycles. The maximum atomic E-state index is 13.4. The van der Waals surface area contributed by atoms with Gasteiger partial charge in [0, 0.05) is 50.1 Å². The number of rotatable bonds is 5. The first kappa shape index (κ1) is 25.2. The normalized spacial score (nSPS) is 23.1. The maximum Gasteiger partial charge on any atom is 0.416 e. The number of Topliss-reactive ketones (excluding diaryl/α,β-unsaturated/α-hetero) is 1. The summed E-state index contributed by atoms with van der Waals surface area (Å²) in [5.74, 6) is -0.180. The van der Waals surface area contributed by atoms with Gasteiger partial charge in [0.2, 0.25) is 0 Å². The van der Waals surface area contributed by atoms with E-state index in [9.17, 15) is 22.8 Å². The number of halogens is 3. The lowest BCUT2D eigenvalue weighted by Crippen LogP contribution is -2.49. The zero-order chi connectivity index (χ0) is 25.2. The van der Waals surface area contributed by atoms with Crippen molar-refractivity contribution in [3.05, 3.63) is 71.3 Å². The van der Waals surface area contributed by atoms with Crippen LogP contribution in [0.15, 0.2) is 54.6 Å². The van der Waals surface area contributed by atoms with E-state index < -0.39 is 11.7 Å². The molecule has 2 fully saturated rings. The van der Waals surface area contributed by atoms with Crippen molar-refractivity contribution in [2.75, 3.05) is 40.3 Å². The van der Waals surface area contributed by atoms with Gasteiger partial charge in [-0.3, -0.25) is 4.79 Å². The molecule has 5 nitrogen and oxygen atoms in total. The van der Waals surface area contributed by atoms with Crippen LogP contribution in [-0.4, -0.2) is 72.8 Å². The number of piperidine rings is 1. The first-order valence-corrected chi connectivity index (χ1v) is 12.1. The van der Waals surface area contributed by atoms with Gasteiger partial charge in [-0.05, 0) is 50.6 Å². The van der Waals surface area contributed by atoms with Crippen molar-refractivity contribution < 1.29 is 22.8 Å². The van der Waals surface area contributed by atoms with E-state index in [4.69, 9.17) is 0 Å². The SMILES string of the molecule is CN(C)C1CCN(C(=O)N2CC(CC(=O)c3ccccc3)CC(c3ccc(C(F)(F)F)cc3)C2)C1. The molecule has 2 heterocycles. The average molecular weight is 488 g/mol. The molecule has 0 bridgehead atoms. The molecule has 4 rings (SSSR count). The standard InChI is InChI=1S/C27H32F3N3O2/c1-31(2)24-12-13-32(18-24)26(35)33-16-19(15-25(34)21-6-4-3-5-7-21)14-22(17-33)20-8-10-23(11-9-20)27(28,29)30/h3-11,19,22,24H,12-18H2,1-2H3. The van der Waals surface area contributed by atoms with Crippen molar-refractivity contribution in [1.82, 2.24) is 14.7 Å². The molecule has 2 amide bonds. The van der Waals surface area contributed by atoms with E-state index in [1.54, 1.807) is 17.0 Å². The maximum absolute atomic E-state index is 13.4. The minimum absolute atomic E-state index is 0.0184. The van der Waals surface area contributed by atoms with Gasteiger partial charge in [0.05, 0.1) is 5.56 Å². The number of hydrogen-bond acceptors (Lipinski definition) is 3. The molecular weight excluding hydrogens is 455 g/mol. The topological polar surface area (TPSA) is 43.9 Å². The molecule has 2 aliphatic heterocycles. The van der Waals surface area contributed by atoms with Crippen LogP contribution in [0.3, 0.4) is 0 Å². The van der Waals surface area contributed by atoms with Gasteiger partial charge in [-0.25, -0.2) is 4.79 Å². The van der Waals surface area contributed by atoms with Crippen LogP contribution in [-0.2, 0) is 6.18 Å².